The summed E-state index contributed by atoms with van der Waals surface area (Å²) >= 11 is 6.12. The fourth-order valence-electron chi connectivity index (χ4n) is 2.20. The van der Waals surface area contributed by atoms with E-state index in [1.165, 1.54) is 5.56 Å². The largest absolute Gasteiger partial charge is 0.496 e. The predicted molar refractivity (Wildman–Crippen MR) is 78.7 cm³/mol. The van der Waals surface area contributed by atoms with E-state index in [1.54, 1.807) is 7.11 Å². The zero-order chi connectivity index (χ0) is 13.5. The van der Waals surface area contributed by atoms with Crippen LogP contribution in [-0.2, 0) is 0 Å². The van der Waals surface area contributed by atoms with Crippen LogP contribution in [0.5, 0.6) is 5.75 Å². The van der Waals surface area contributed by atoms with Crippen LogP contribution in [0.4, 0.5) is 0 Å². The van der Waals surface area contributed by atoms with Crippen LogP contribution in [0.25, 0.3) is 0 Å². The summed E-state index contributed by atoms with van der Waals surface area (Å²) in [7, 11) is 1.72. The molecule has 0 heterocycles. The SMILES string of the molecule is CCNCC(c1cc(Cl)ccc1OC)C(C)CC. The van der Waals surface area contributed by atoms with Gasteiger partial charge >= 0.3 is 0 Å². The summed E-state index contributed by atoms with van der Waals surface area (Å²) in [5.74, 6) is 1.96. The summed E-state index contributed by atoms with van der Waals surface area (Å²) in [6.07, 6.45) is 1.14. The Morgan fingerprint density at radius 2 is 2.06 bits per heavy atom. The first kappa shape index (κ1) is 15.3. The van der Waals surface area contributed by atoms with Gasteiger partial charge in [-0.3, -0.25) is 0 Å². The number of rotatable bonds is 7. The van der Waals surface area contributed by atoms with Gasteiger partial charge < -0.3 is 10.1 Å². The molecule has 0 saturated carbocycles. The Morgan fingerprint density at radius 3 is 2.61 bits per heavy atom. The number of likely N-dealkylation sites (N-methyl/N-ethyl adjacent to an activating group) is 1. The van der Waals surface area contributed by atoms with Crippen LogP contribution in [0.2, 0.25) is 5.02 Å². The number of benzene rings is 1. The van der Waals surface area contributed by atoms with E-state index in [-0.39, 0.29) is 0 Å². The molecule has 18 heavy (non-hydrogen) atoms. The highest BCUT2D eigenvalue weighted by molar-refractivity contribution is 6.30. The van der Waals surface area contributed by atoms with E-state index in [0.717, 1.165) is 30.3 Å². The Balaban J connectivity index is 3.05. The lowest BCUT2D eigenvalue weighted by atomic mass is 9.85. The van der Waals surface area contributed by atoms with Crippen molar-refractivity contribution < 1.29 is 4.74 Å². The third-order valence-electron chi connectivity index (χ3n) is 3.54. The highest BCUT2D eigenvalue weighted by Gasteiger charge is 2.21. The van der Waals surface area contributed by atoms with Crippen LogP contribution < -0.4 is 10.1 Å². The number of ether oxygens (including phenoxy) is 1. The summed E-state index contributed by atoms with van der Waals surface area (Å²) in [5, 5.41) is 4.21. The molecule has 102 valence electrons. The first-order valence-corrected chi connectivity index (χ1v) is 7.05. The Labute approximate surface area is 116 Å². The van der Waals surface area contributed by atoms with Crippen molar-refractivity contribution in [1.82, 2.24) is 5.32 Å². The van der Waals surface area contributed by atoms with Crippen molar-refractivity contribution >= 4 is 11.6 Å². The van der Waals surface area contributed by atoms with Crippen molar-refractivity contribution in [3.05, 3.63) is 28.8 Å². The van der Waals surface area contributed by atoms with Gasteiger partial charge in [0.05, 0.1) is 7.11 Å². The van der Waals surface area contributed by atoms with Gasteiger partial charge in [0.25, 0.3) is 0 Å². The molecule has 0 aliphatic carbocycles. The first-order chi connectivity index (χ1) is 8.63. The summed E-state index contributed by atoms with van der Waals surface area (Å²) < 4.78 is 5.47. The monoisotopic (exact) mass is 269 g/mol. The van der Waals surface area contributed by atoms with Crippen LogP contribution in [0.3, 0.4) is 0 Å². The lowest BCUT2D eigenvalue weighted by Gasteiger charge is -2.25. The molecule has 0 radical (unpaired) electrons. The summed E-state index contributed by atoms with van der Waals surface area (Å²) in [6, 6.07) is 5.87. The zero-order valence-corrected chi connectivity index (χ0v) is 12.6. The Hall–Kier alpha value is -0.730. The number of hydrogen-bond acceptors (Lipinski definition) is 2. The minimum Gasteiger partial charge on any atom is -0.496 e. The fourth-order valence-corrected chi connectivity index (χ4v) is 2.38. The van der Waals surface area contributed by atoms with Gasteiger partial charge in [0, 0.05) is 23.0 Å². The smallest absolute Gasteiger partial charge is 0.122 e. The van der Waals surface area contributed by atoms with E-state index < -0.39 is 0 Å². The molecule has 2 atom stereocenters. The molecule has 0 spiro atoms. The number of methoxy groups -OCH3 is 1. The molecule has 1 aromatic rings. The van der Waals surface area contributed by atoms with Gasteiger partial charge in [-0.15, -0.1) is 0 Å². The molecule has 1 N–H and O–H groups in total. The van der Waals surface area contributed by atoms with E-state index in [2.05, 4.69) is 26.1 Å². The molecular formula is C15H24ClNO. The predicted octanol–water partition coefficient (Wildman–Crippen LogP) is 4.09. The van der Waals surface area contributed by atoms with Gasteiger partial charge in [0.2, 0.25) is 0 Å². The average Bonchev–Trinajstić information content (AvgIpc) is 2.39. The van der Waals surface area contributed by atoms with E-state index in [4.69, 9.17) is 16.3 Å². The van der Waals surface area contributed by atoms with Crippen molar-refractivity contribution in [2.45, 2.75) is 33.1 Å². The second-order valence-electron chi connectivity index (χ2n) is 4.69. The molecule has 0 bridgehead atoms. The molecule has 0 amide bonds. The second kappa shape index (κ2) is 7.65. The molecule has 1 aromatic carbocycles. The van der Waals surface area contributed by atoms with E-state index in [9.17, 15) is 0 Å². The maximum atomic E-state index is 6.12. The minimum absolute atomic E-state index is 0.434. The standard InChI is InChI=1S/C15H24ClNO/c1-5-11(3)14(10-17-6-2)13-9-12(16)7-8-15(13)18-4/h7-9,11,14,17H,5-6,10H2,1-4H3. The molecular weight excluding hydrogens is 246 g/mol. The molecule has 0 saturated heterocycles. The average molecular weight is 270 g/mol. The molecule has 0 fully saturated rings. The quantitative estimate of drug-likeness (QED) is 0.805. The molecule has 1 rings (SSSR count). The lowest BCUT2D eigenvalue weighted by Crippen LogP contribution is -2.25. The second-order valence-corrected chi connectivity index (χ2v) is 5.12. The zero-order valence-electron chi connectivity index (χ0n) is 11.8. The van der Waals surface area contributed by atoms with E-state index in [1.807, 2.05) is 18.2 Å². The van der Waals surface area contributed by atoms with E-state index >= 15 is 0 Å². The topological polar surface area (TPSA) is 21.3 Å². The number of hydrogen-bond donors (Lipinski definition) is 1. The van der Waals surface area contributed by atoms with Crippen LogP contribution in [0, 0.1) is 5.92 Å². The third-order valence-corrected chi connectivity index (χ3v) is 3.77. The first-order valence-electron chi connectivity index (χ1n) is 6.68. The summed E-state index contributed by atoms with van der Waals surface area (Å²) in [5.41, 5.74) is 1.21. The van der Waals surface area contributed by atoms with Crippen LogP contribution in [0.1, 0.15) is 38.7 Å². The molecule has 2 unspecified atom stereocenters. The maximum Gasteiger partial charge on any atom is 0.122 e. The van der Waals surface area contributed by atoms with Crippen LogP contribution in [-0.4, -0.2) is 20.2 Å². The Kier molecular flexibility index (Phi) is 6.51. The summed E-state index contributed by atoms with van der Waals surface area (Å²) in [6.45, 7) is 8.57. The highest BCUT2D eigenvalue weighted by atomic mass is 35.5. The van der Waals surface area contributed by atoms with Gasteiger partial charge in [0.15, 0.2) is 0 Å². The highest BCUT2D eigenvalue weighted by Crippen LogP contribution is 2.34. The van der Waals surface area contributed by atoms with Crippen LogP contribution in [0.15, 0.2) is 18.2 Å². The molecule has 3 heteroatoms. The lowest BCUT2D eigenvalue weighted by molar-refractivity contribution is 0.378. The van der Waals surface area contributed by atoms with Gasteiger partial charge in [-0.25, -0.2) is 0 Å². The van der Waals surface area contributed by atoms with Crippen molar-refractivity contribution in [3.63, 3.8) is 0 Å². The van der Waals surface area contributed by atoms with Gasteiger partial charge in [-0.05, 0) is 30.7 Å². The normalized spacial score (nSPS) is 14.3. The van der Waals surface area contributed by atoms with Crippen molar-refractivity contribution in [1.29, 1.82) is 0 Å². The number of halogens is 1. The van der Waals surface area contributed by atoms with Crippen molar-refractivity contribution in [3.8, 4) is 5.75 Å². The van der Waals surface area contributed by atoms with Gasteiger partial charge in [-0.1, -0.05) is 38.8 Å². The molecule has 0 aromatic heterocycles. The van der Waals surface area contributed by atoms with E-state index in [0.29, 0.717) is 11.8 Å². The Bertz CT molecular complexity index is 368. The van der Waals surface area contributed by atoms with Crippen molar-refractivity contribution in [2.75, 3.05) is 20.2 Å². The molecule has 0 aliphatic rings. The van der Waals surface area contributed by atoms with Crippen LogP contribution >= 0.6 is 11.6 Å². The molecule has 0 aliphatic heterocycles. The fraction of sp³-hybridized carbons (Fsp3) is 0.600. The minimum atomic E-state index is 0.434. The van der Waals surface area contributed by atoms with Gasteiger partial charge in [-0.2, -0.15) is 0 Å². The molecule has 2 nitrogen and oxygen atoms in total. The van der Waals surface area contributed by atoms with Gasteiger partial charge in [0.1, 0.15) is 5.75 Å². The number of nitrogens with one attached hydrogen (secondary N) is 1. The third kappa shape index (κ3) is 3.89. The van der Waals surface area contributed by atoms with Crippen molar-refractivity contribution in [2.24, 2.45) is 5.92 Å². The maximum absolute atomic E-state index is 6.12. The summed E-state index contributed by atoms with van der Waals surface area (Å²) in [4.78, 5) is 0. The Morgan fingerprint density at radius 1 is 1.33 bits per heavy atom.